The number of ether oxygens (including phenoxy) is 1. The van der Waals surface area contributed by atoms with Gasteiger partial charge in [0.1, 0.15) is 0 Å². The van der Waals surface area contributed by atoms with Crippen LogP contribution in [0.1, 0.15) is 33.1 Å². The van der Waals surface area contributed by atoms with Gasteiger partial charge in [-0.2, -0.15) is 0 Å². The Labute approximate surface area is 97.1 Å². The van der Waals surface area contributed by atoms with Gasteiger partial charge in [-0.05, 0) is 26.2 Å². The van der Waals surface area contributed by atoms with Crippen LogP contribution in [0, 0.1) is 0 Å². The molecule has 88 valence electrons. The Balaban J connectivity index is 2.20. The number of thioether (sulfide) groups is 1. The zero-order chi connectivity index (χ0) is 11.1. The number of unbranched alkanes of at least 4 members (excludes halogenated alkanes) is 1. The third-order valence-electron chi connectivity index (χ3n) is 2.38. The minimum absolute atomic E-state index is 0.568. The molecule has 0 aromatic carbocycles. The Kier molecular flexibility index (Phi) is 6.10. The minimum Gasteiger partial charge on any atom is -0.385 e. The maximum atomic E-state index is 5.00. The highest BCUT2D eigenvalue weighted by molar-refractivity contribution is 8.14. The quantitative estimate of drug-likeness (QED) is 0.736. The molecule has 0 bridgehead atoms. The minimum atomic E-state index is 0.568. The molecular formula is C11H22N2OS. The summed E-state index contributed by atoms with van der Waals surface area (Å²) in [6.45, 7) is 6.25. The highest BCUT2D eigenvalue weighted by Crippen LogP contribution is 2.22. The van der Waals surface area contributed by atoms with Crippen LogP contribution in [-0.4, -0.2) is 36.7 Å². The van der Waals surface area contributed by atoms with Crippen LogP contribution < -0.4 is 5.32 Å². The van der Waals surface area contributed by atoms with E-state index in [0.717, 1.165) is 31.2 Å². The zero-order valence-electron chi connectivity index (χ0n) is 9.95. The van der Waals surface area contributed by atoms with Crippen LogP contribution in [0.25, 0.3) is 0 Å². The molecule has 0 amide bonds. The maximum Gasteiger partial charge on any atom is 0.157 e. The summed E-state index contributed by atoms with van der Waals surface area (Å²) in [5.74, 6) is 0. The first kappa shape index (κ1) is 12.8. The first-order chi connectivity index (χ1) is 7.22. The number of nitrogens with one attached hydrogen (secondary N) is 1. The molecule has 0 saturated carbocycles. The van der Waals surface area contributed by atoms with Crippen molar-refractivity contribution in [1.82, 2.24) is 5.32 Å². The Hall–Kier alpha value is -0.220. The monoisotopic (exact) mass is 230 g/mol. The summed E-state index contributed by atoms with van der Waals surface area (Å²) < 4.78 is 5.00. The molecule has 0 spiro atoms. The molecule has 0 aromatic rings. The van der Waals surface area contributed by atoms with Crippen molar-refractivity contribution in [2.24, 2.45) is 4.99 Å². The fourth-order valence-corrected chi connectivity index (χ4v) is 2.86. The molecule has 0 aromatic heterocycles. The number of hydrogen-bond acceptors (Lipinski definition) is 3. The largest absolute Gasteiger partial charge is 0.385 e. The van der Waals surface area contributed by atoms with Crippen LogP contribution in [0.3, 0.4) is 0 Å². The third-order valence-corrected chi connectivity index (χ3v) is 3.45. The number of nitrogens with zero attached hydrogens (tertiary/aromatic N) is 1. The lowest BCUT2D eigenvalue weighted by molar-refractivity contribution is 0.193. The van der Waals surface area contributed by atoms with Gasteiger partial charge in [-0.15, -0.1) is 0 Å². The van der Waals surface area contributed by atoms with Crippen LogP contribution >= 0.6 is 11.8 Å². The topological polar surface area (TPSA) is 33.6 Å². The van der Waals surface area contributed by atoms with Crippen molar-refractivity contribution in [1.29, 1.82) is 0 Å². The predicted octanol–water partition coefficient (Wildman–Crippen LogP) is 2.27. The van der Waals surface area contributed by atoms with Crippen LogP contribution in [0.2, 0.25) is 0 Å². The lowest BCUT2D eigenvalue weighted by atomic mass is 10.2. The fraction of sp³-hybridized carbons (Fsp3) is 0.909. The maximum absolute atomic E-state index is 5.00. The Morgan fingerprint density at radius 2 is 2.27 bits per heavy atom. The number of hydrogen-bond donors (Lipinski definition) is 1. The summed E-state index contributed by atoms with van der Waals surface area (Å²) in [5.41, 5.74) is 0. The van der Waals surface area contributed by atoms with E-state index in [9.17, 15) is 0 Å². The van der Waals surface area contributed by atoms with E-state index in [1.807, 2.05) is 11.8 Å². The first-order valence-corrected chi connectivity index (χ1v) is 6.57. The molecule has 1 fully saturated rings. The molecule has 4 heteroatoms. The lowest BCUT2D eigenvalue weighted by Crippen LogP contribution is -2.38. The van der Waals surface area contributed by atoms with E-state index in [2.05, 4.69) is 24.2 Å². The van der Waals surface area contributed by atoms with Crippen molar-refractivity contribution < 1.29 is 4.74 Å². The van der Waals surface area contributed by atoms with Crippen molar-refractivity contribution in [2.75, 3.05) is 20.3 Å². The van der Waals surface area contributed by atoms with Gasteiger partial charge in [0.25, 0.3) is 0 Å². The summed E-state index contributed by atoms with van der Waals surface area (Å²) in [7, 11) is 1.74. The van der Waals surface area contributed by atoms with Crippen molar-refractivity contribution >= 4 is 16.9 Å². The molecule has 15 heavy (non-hydrogen) atoms. The van der Waals surface area contributed by atoms with Crippen LogP contribution in [-0.2, 0) is 4.74 Å². The van der Waals surface area contributed by atoms with Crippen molar-refractivity contribution in [3.05, 3.63) is 0 Å². The molecule has 3 nitrogen and oxygen atoms in total. The van der Waals surface area contributed by atoms with Gasteiger partial charge in [0, 0.05) is 31.6 Å². The number of aliphatic imine (C=N–C) groups is 1. The average molecular weight is 230 g/mol. The predicted molar refractivity (Wildman–Crippen MR) is 67.7 cm³/mol. The molecule has 0 aliphatic carbocycles. The van der Waals surface area contributed by atoms with Crippen molar-refractivity contribution in [3.8, 4) is 0 Å². The van der Waals surface area contributed by atoms with Gasteiger partial charge in [-0.1, -0.05) is 18.7 Å². The first-order valence-electron chi connectivity index (χ1n) is 5.69. The standard InChI is InChI=1S/C11H22N2OS/c1-9-8-10(2)15-11(13-9)12-6-4-5-7-14-3/h9-10H,4-8H2,1-3H3,(H,12,13). The van der Waals surface area contributed by atoms with Crippen LogP contribution in [0.4, 0.5) is 0 Å². The van der Waals surface area contributed by atoms with E-state index >= 15 is 0 Å². The van der Waals surface area contributed by atoms with E-state index in [-0.39, 0.29) is 0 Å². The summed E-state index contributed by atoms with van der Waals surface area (Å²) in [6.07, 6.45) is 3.44. The normalized spacial score (nSPS) is 29.1. The molecule has 1 aliphatic heterocycles. The van der Waals surface area contributed by atoms with Crippen molar-refractivity contribution in [2.45, 2.75) is 44.4 Å². The van der Waals surface area contributed by atoms with E-state index in [4.69, 9.17) is 4.74 Å². The molecule has 2 atom stereocenters. The van der Waals surface area contributed by atoms with E-state index < -0.39 is 0 Å². The highest BCUT2D eigenvalue weighted by Gasteiger charge is 2.19. The van der Waals surface area contributed by atoms with Crippen molar-refractivity contribution in [3.63, 3.8) is 0 Å². The van der Waals surface area contributed by atoms with Gasteiger partial charge in [-0.3, -0.25) is 4.99 Å². The Morgan fingerprint density at radius 3 is 2.93 bits per heavy atom. The second kappa shape index (κ2) is 7.12. The molecule has 1 rings (SSSR count). The zero-order valence-corrected chi connectivity index (χ0v) is 10.8. The second-order valence-electron chi connectivity index (χ2n) is 4.10. The van der Waals surface area contributed by atoms with Crippen LogP contribution in [0.15, 0.2) is 4.99 Å². The molecule has 1 heterocycles. The smallest absolute Gasteiger partial charge is 0.157 e. The van der Waals surface area contributed by atoms with Gasteiger partial charge in [-0.25, -0.2) is 0 Å². The number of rotatable bonds is 5. The molecule has 1 aliphatic rings. The summed E-state index contributed by atoms with van der Waals surface area (Å²) in [6, 6.07) is 0.568. The SMILES string of the molecule is COCCCCN=C1NC(C)CC(C)S1. The molecule has 2 unspecified atom stereocenters. The Bertz CT molecular complexity index is 197. The molecular weight excluding hydrogens is 208 g/mol. The van der Waals surface area contributed by atoms with Crippen LogP contribution in [0.5, 0.6) is 0 Å². The number of methoxy groups -OCH3 is 1. The van der Waals surface area contributed by atoms with E-state index in [1.54, 1.807) is 7.11 Å². The average Bonchev–Trinajstić information content (AvgIpc) is 2.16. The van der Waals surface area contributed by atoms with Gasteiger partial charge >= 0.3 is 0 Å². The highest BCUT2D eigenvalue weighted by atomic mass is 32.2. The van der Waals surface area contributed by atoms with Gasteiger partial charge in [0.15, 0.2) is 5.17 Å². The summed E-state index contributed by atoms with van der Waals surface area (Å²) in [4.78, 5) is 4.57. The third kappa shape index (κ3) is 5.42. The molecule has 1 N–H and O–H groups in total. The van der Waals surface area contributed by atoms with Gasteiger partial charge < -0.3 is 10.1 Å². The van der Waals surface area contributed by atoms with E-state index in [0.29, 0.717) is 11.3 Å². The Morgan fingerprint density at radius 1 is 1.47 bits per heavy atom. The second-order valence-corrected chi connectivity index (χ2v) is 5.52. The number of amidine groups is 1. The van der Waals surface area contributed by atoms with E-state index in [1.165, 1.54) is 6.42 Å². The van der Waals surface area contributed by atoms with Gasteiger partial charge in [0.05, 0.1) is 0 Å². The lowest BCUT2D eigenvalue weighted by Gasteiger charge is -2.26. The van der Waals surface area contributed by atoms with Gasteiger partial charge in [0.2, 0.25) is 0 Å². The summed E-state index contributed by atoms with van der Waals surface area (Å²) >= 11 is 1.86. The fourth-order valence-electron chi connectivity index (χ4n) is 1.66. The molecule has 1 saturated heterocycles. The molecule has 0 radical (unpaired) electrons. The summed E-state index contributed by atoms with van der Waals surface area (Å²) in [5, 5.41) is 5.24.